The van der Waals surface area contributed by atoms with Gasteiger partial charge >= 0.3 is 0 Å². The van der Waals surface area contributed by atoms with Gasteiger partial charge in [0.25, 0.3) is 0 Å². The molecular weight excluding hydrogens is 377 g/mol. The zero-order valence-electron chi connectivity index (χ0n) is 11.8. The Morgan fingerprint density at radius 3 is 2.11 bits per heavy atom. The van der Waals surface area contributed by atoms with Gasteiger partial charge in [-0.25, -0.2) is 4.99 Å². The summed E-state index contributed by atoms with van der Waals surface area (Å²) in [6.07, 6.45) is 0. The lowest BCUT2D eigenvalue weighted by Gasteiger charge is -2.22. The van der Waals surface area contributed by atoms with Crippen molar-refractivity contribution in [2.45, 2.75) is 0 Å². The highest BCUT2D eigenvalue weighted by Gasteiger charge is 2.03. The molecule has 4 nitrogen and oxygen atoms in total. The first-order chi connectivity index (χ1) is 8.50. The van der Waals surface area contributed by atoms with E-state index in [1.54, 1.807) is 0 Å². The number of benzene rings is 1. The van der Waals surface area contributed by atoms with Gasteiger partial charge < -0.3 is 14.5 Å². The highest BCUT2D eigenvalue weighted by molar-refractivity contribution is 14.0. The minimum atomic E-state index is 0. The lowest BCUT2D eigenvalue weighted by molar-refractivity contribution is 0.326. The number of rotatable bonds is 4. The van der Waals surface area contributed by atoms with Crippen LogP contribution >= 0.6 is 35.6 Å². The van der Waals surface area contributed by atoms with Crippen molar-refractivity contribution in [3.8, 4) is 5.75 Å². The Kier molecular flexibility index (Phi) is 8.92. The van der Waals surface area contributed by atoms with Crippen molar-refractivity contribution in [3.63, 3.8) is 0 Å². The number of aliphatic imine (C=N–C) groups is 1. The molecule has 0 radical (unpaired) electrons. The first-order valence-corrected chi connectivity index (χ1v) is 6.16. The van der Waals surface area contributed by atoms with E-state index >= 15 is 0 Å². The lowest BCUT2D eigenvalue weighted by Crippen LogP contribution is -2.35. The van der Waals surface area contributed by atoms with E-state index in [0.29, 0.717) is 18.2 Å². The van der Waals surface area contributed by atoms with Gasteiger partial charge in [-0.3, -0.25) is 0 Å². The molecule has 0 spiro atoms. The predicted octanol–water partition coefficient (Wildman–Crippen LogP) is 2.82. The number of ether oxygens (including phenoxy) is 1. The number of nitrogens with zero attached hydrogens (tertiary/aromatic N) is 3. The summed E-state index contributed by atoms with van der Waals surface area (Å²) in [5.74, 6) is 1.74. The maximum atomic E-state index is 5.80. The monoisotopic (exact) mass is 397 g/mol. The van der Waals surface area contributed by atoms with E-state index in [1.165, 1.54) is 0 Å². The molecule has 0 fully saturated rings. The topological polar surface area (TPSA) is 28.1 Å². The van der Waals surface area contributed by atoms with Gasteiger partial charge in [-0.2, -0.15) is 0 Å². The van der Waals surface area contributed by atoms with E-state index in [4.69, 9.17) is 16.3 Å². The molecule has 0 aliphatic heterocycles. The second kappa shape index (κ2) is 9.25. The van der Waals surface area contributed by atoms with Crippen LogP contribution in [0.15, 0.2) is 29.3 Å². The van der Waals surface area contributed by atoms with Crippen LogP contribution < -0.4 is 4.74 Å². The van der Waals surface area contributed by atoms with Crippen LogP contribution in [0.1, 0.15) is 0 Å². The average Bonchev–Trinajstić information content (AvgIpc) is 2.30. The van der Waals surface area contributed by atoms with E-state index in [-0.39, 0.29) is 24.0 Å². The van der Waals surface area contributed by atoms with E-state index in [9.17, 15) is 0 Å². The molecule has 0 heterocycles. The Bertz CT molecular complexity index is 383. The number of guanidine groups is 1. The Morgan fingerprint density at radius 2 is 1.63 bits per heavy atom. The van der Waals surface area contributed by atoms with Gasteiger partial charge in [0.2, 0.25) is 0 Å². The summed E-state index contributed by atoms with van der Waals surface area (Å²) in [5, 5.41) is 0.711. The molecule has 0 unspecified atom stereocenters. The van der Waals surface area contributed by atoms with Crippen molar-refractivity contribution in [2.24, 2.45) is 4.99 Å². The zero-order valence-corrected chi connectivity index (χ0v) is 14.8. The smallest absolute Gasteiger partial charge is 0.195 e. The zero-order chi connectivity index (χ0) is 13.5. The molecule has 6 heteroatoms. The van der Waals surface area contributed by atoms with Gasteiger partial charge in [0.05, 0.1) is 6.54 Å². The molecule has 19 heavy (non-hydrogen) atoms. The van der Waals surface area contributed by atoms with E-state index in [0.717, 1.165) is 11.7 Å². The van der Waals surface area contributed by atoms with Crippen molar-refractivity contribution in [3.05, 3.63) is 29.3 Å². The van der Waals surface area contributed by atoms with Gasteiger partial charge in [-0.05, 0) is 24.3 Å². The third-order valence-corrected chi connectivity index (χ3v) is 2.48. The van der Waals surface area contributed by atoms with Crippen LogP contribution in [0.5, 0.6) is 5.75 Å². The third kappa shape index (κ3) is 6.87. The number of hydrogen-bond donors (Lipinski definition) is 0. The predicted molar refractivity (Wildman–Crippen MR) is 92.0 cm³/mol. The summed E-state index contributed by atoms with van der Waals surface area (Å²) in [4.78, 5) is 8.42. The Morgan fingerprint density at radius 1 is 1.11 bits per heavy atom. The molecule has 0 aromatic heterocycles. The molecule has 0 saturated heterocycles. The van der Waals surface area contributed by atoms with Crippen molar-refractivity contribution in [2.75, 3.05) is 41.3 Å². The molecule has 0 aliphatic carbocycles. The van der Waals surface area contributed by atoms with Crippen LogP contribution in [0.2, 0.25) is 5.02 Å². The molecule has 0 N–H and O–H groups in total. The molecule has 108 valence electrons. The van der Waals surface area contributed by atoms with Crippen molar-refractivity contribution in [1.29, 1.82) is 0 Å². The molecular formula is C13H21ClIN3O. The second-order valence-corrected chi connectivity index (χ2v) is 4.71. The van der Waals surface area contributed by atoms with Crippen LogP contribution in [0.25, 0.3) is 0 Å². The summed E-state index contributed by atoms with van der Waals surface area (Å²) >= 11 is 5.80. The van der Waals surface area contributed by atoms with Gasteiger partial charge in [-0.1, -0.05) is 11.6 Å². The molecule has 0 saturated carbocycles. The third-order valence-electron chi connectivity index (χ3n) is 2.23. The molecule has 0 amide bonds. The maximum absolute atomic E-state index is 5.80. The molecule has 0 bridgehead atoms. The normalized spacial score (nSPS) is 9.32. The molecule has 1 aromatic rings. The van der Waals surface area contributed by atoms with Gasteiger partial charge in [0.1, 0.15) is 12.4 Å². The lowest BCUT2D eigenvalue weighted by atomic mass is 10.3. The fourth-order valence-electron chi connectivity index (χ4n) is 1.52. The minimum Gasteiger partial charge on any atom is -0.492 e. The maximum Gasteiger partial charge on any atom is 0.195 e. The number of halogens is 2. The van der Waals surface area contributed by atoms with Crippen molar-refractivity contribution in [1.82, 2.24) is 9.80 Å². The van der Waals surface area contributed by atoms with Crippen LogP contribution in [0.4, 0.5) is 0 Å². The Balaban J connectivity index is 0.00000324. The van der Waals surface area contributed by atoms with Crippen LogP contribution in [0.3, 0.4) is 0 Å². The minimum absolute atomic E-state index is 0. The molecule has 0 atom stereocenters. The SMILES string of the molecule is CN(C)C(=NCCOc1ccc(Cl)cc1)N(C)C.I. The van der Waals surface area contributed by atoms with Crippen molar-refractivity contribution < 1.29 is 4.74 Å². The quantitative estimate of drug-likeness (QED) is 0.338. The summed E-state index contributed by atoms with van der Waals surface area (Å²) in [5.41, 5.74) is 0. The first kappa shape index (κ1) is 18.3. The van der Waals surface area contributed by atoms with Crippen LogP contribution in [-0.4, -0.2) is 57.1 Å². The fourth-order valence-corrected chi connectivity index (χ4v) is 1.65. The van der Waals surface area contributed by atoms with E-state index in [1.807, 2.05) is 62.3 Å². The average molecular weight is 398 g/mol. The Hall–Kier alpha value is -0.690. The first-order valence-electron chi connectivity index (χ1n) is 5.78. The molecule has 1 aromatic carbocycles. The highest BCUT2D eigenvalue weighted by Crippen LogP contribution is 2.15. The van der Waals surface area contributed by atoms with Gasteiger partial charge in [0.15, 0.2) is 5.96 Å². The van der Waals surface area contributed by atoms with Crippen LogP contribution in [-0.2, 0) is 0 Å². The summed E-state index contributed by atoms with van der Waals surface area (Å²) in [6, 6.07) is 7.33. The summed E-state index contributed by atoms with van der Waals surface area (Å²) in [6.45, 7) is 1.17. The molecule has 1 rings (SSSR count). The van der Waals surface area contributed by atoms with Crippen molar-refractivity contribution >= 4 is 41.5 Å². The van der Waals surface area contributed by atoms with Crippen LogP contribution in [0, 0.1) is 0 Å². The highest BCUT2D eigenvalue weighted by atomic mass is 127. The summed E-state index contributed by atoms with van der Waals surface area (Å²) in [7, 11) is 7.88. The molecule has 0 aliphatic rings. The number of hydrogen-bond acceptors (Lipinski definition) is 2. The second-order valence-electron chi connectivity index (χ2n) is 4.27. The largest absolute Gasteiger partial charge is 0.492 e. The van der Waals surface area contributed by atoms with E-state index < -0.39 is 0 Å². The summed E-state index contributed by atoms with van der Waals surface area (Å²) < 4.78 is 5.57. The fraction of sp³-hybridized carbons (Fsp3) is 0.462. The Labute approximate surface area is 137 Å². The van der Waals surface area contributed by atoms with Gasteiger partial charge in [-0.15, -0.1) is 24.0 Å². The standard InChI is InChI=1S/C13H20ClN3O.HI/c1-16(2)13(17(3)4)15-9-10-18-12-7-5-11(14)6-8-12;/h5-8H,9-10H2,1-4H3;1H. The van der Waals surface area contributed by atoms with Gasteiger partial charge in [0, 0.05) is 33.2 Å². The van der Waals surface area contributed by atoms with E-state index in [2.05, 4.69) is 4.99 Å².